The van der Waals surface area contributed by atoms with Crippen LogP contribution in [0.3, 0.4) is 0 Å². The first-order chi connectivity index (χ1) is 15.4. The van der Waals surface area contributed by atoms with Crippen molar-refractivity contribution in [2.24, 2.45) is 15.7 Å². The number of methoxy groups -OCH3 is 3. The van der Waals surface area contributed by atoms with Gasteiger partial charge in [0.05, 0.1) is 27.8 Å². The van der Waals surface area contributed by atoms with Crippen LogP contribution in [-0.4, -0.2) is 51.1 Å². The van der Waals surface area contributed by atoms with Crippen molar-refractivity contribution in [2.45, 2.75) is 12.5 Å². The Labute approximate surface area is 184 Å². The van der Waals surface area contributed by atoms with Gasteiger partial charge >= 0.3 is 0 Å². The second kappa shape index (κ2) is 10.2. The molecule has 0 fully saturated rings. The predicted octanol–water partition coefficient (Wildman–Crippen LogP) is 1.32. The van der Waals surface area contributed by atoms with Gasteiger partial charge < -0.3 is 30.6 Å². The summed E-state index contributed by atoms with van der Waals surface area (Å²) in [6.45, 7) is 0. The first-order valence-electron chi connectivity index (χ1n) is 9.58. The van der Waals surface area contributed by atoms with Crippen LogP contribution in [0.5, 0.6) is 17.2 Å². The van der Waals surface area contributed by atoms with E-state index in [-0.39, 0.29) is 18.3 Å². The van der Waals surface area contributed by atoms with Gasteiger partial charge in [-0.3, -0.25) is 14.9 Å². The molecule has 1 unspecified atom stereocenters. The van der Waals surface area contributed by atoms with Gasteiger partial charge in [0.2, 0.25) is 23.6 Å². The highest BCUT2D eigenvalue weighted by Gasteiger charge is 2.29. The zero-order valence-corrected chi connectivity index (χ0v) is 17.8. The fraction of sp³-hybridized carbons (Fsp3) is 0.238. The Balaban J connectivity index is 1.65. The first-order valence-corrected chi connectivity index (χ1v) is 9.58. The molecule has 1 aliphatic rings. The van der Waals surface area contributed by atoms with Gasteiger partial charge in [-0.1, -0.05) is 18.2 Å². The van der Waals surface area contributed by atoms with Gasteiger partial charge in [0.25, 0.3) is 5.91 Å². The molecule has 168 valence electrons. The zero-order chi connectivity index (χ0) is 23.1. The summed E-state index contributed by atoms with van der Waals surface area (Å²) < 4.78 is 15.8. The van der Waals surface area contributed by atoms with Crippen molar-refractivity contribution >= 4 is 35.1 Å². The summed E-state index contributed by atoms with van der Waals surface area (Å²) >= 11 is 0. The molecule has 32 heavy (non-hydrogen) atoms. The van der Waals surface area contributed by atoms with E-state index in [9.17, 15) is 9.59 Å². The van der Waals surface area contributed by atoms with Crippen LogP contribution in [0.25, 0.3) is 0 Å². The smallest absolute Gasteiger partial charge is 0.252 e. The molecule has 0 aliphatic carbocycles. The van der Waals surface area contributed by atoms with Crippen LogP contribution >= 0.6 is 0 Å². The summed E-state index contributed by atoms with van der Waals surface area (Å²) in [6.07, 6.45) is -0.187. The van der Waals surface area contributed by atoms with Crippen LogP contribution in [0.15, 0.2) is 52.4 Å². The number of para-hydroxylation sites is 1. The molecule has 1 atom stereocenters. The van der Waals surface area contributed by atoms with Gasteiger partial charge in [0.15, 0.2) is 11.5 Å². The molecular formula is C21H24N6O5. The SMILES string of the molecule is COc1cc(NC(=O)CC2N=C(/N=C(\N)Nc3ccccc3)NC2=O)cc(OC)c1OC. The highest BCUT2D eigenvalue weighted by Crippen LogP contribution is 2.39. The summed E-state index contributed by atoms with van der Waals surface area (Å²) in [5.74, 6) is 0.380. The van der Waals surface area contributed by atoms with Crippen molar-refractivity contribution in [1.29, 1.82) is 0 Å². The zero-order valence-electron chi connectivity index (χ0n) is 17.8. The number of nitrogens with two attached hydrogens (primary N) is 1. The van der Waals surface area contributed by atoms with Gasteiger partial charge in [-0.25, -0.2) is 4.99 Å². The summed E-state index contributed by atoms with van der Waals surface area (Å²) in [5, 5.41) is 8.10. The van der Waals surface area contributed by atoms with E-state index in [2.05, 4.69) is 25.9 Å². The normalized spacial score (nSPS) is 15.5. The van der Waals surface area contributed by atoms with E-state index in [0.717, 1.165) is 5.69 Å². The van der Waals surface area contributed by atoms with Crippen LogP contribution in [0.1, 0.15) is 6.42 Å². The molecular weight excluding hydrogens is 416 g/mol. The maximum atomic E-state index is 12.5. The Morgan fingerprint density at radius 2 is 1.72 bits per heavy atom. The number of hydrogen-bond donors (Lipinski definition) is 4. The largest absolute Gasteiger partial charge is 0.493 e. The minimum absolute atomic E-state index is 0.0292. The number of rotatable bonds is 7. The van der Waals surface area contributed by atoms with Gasteiger partial charge in [0, 0.05) is 23.5 Å². The average Bonchev–Trinajstić information content (AvgIpc) is 3.11. The number of aliphatic imine (C=N–C) groups is 2. The summed E-state index contributed by atoms with van der Waals surface area (Å²) in [6, 6.07) is 11.4. The number of ether oxygens (including phenoxy) is 3. The number of nitrogens with one attached hydrogen (secondary N) is 3. The Morgan fingerprint density at radius 1 is 1.06 bits per heavy atom. The van der Waals surface area contributed by atoms with Crippen molar-refractivity contribution < 1.29 is 23.8 Å². The molecule has 0 bridgehead atoms. The standard InChI is InChI=1S/C21H24N6O5/c1-30-15-9-13(10-16(31-2)18(15)32-3)23-17(28)11-14-19(29)26-21(25-14)27-20(22)24-12-7-5-4-6-8-12/h4-10,14H,11H2,1-3H3,(H,23,28)(H4,22,24,25,26,27,29). The molecule has 1 heterocycles. The lowest BCUT2D eigenvalue weighted by molar-refractivity contribution is -0.123. The van der Waals surface area contributed by atoms with E-state index in [4.69, 9.17) is 19.9 Å². The number of benzene rings is 2. The van der Waals surface area contributed by atoms with E-state index in [1.165, 1.54) is 21.3 Å². The molecule has 0 spiro atoms. The monoisotopic (exact) mass is 440 g/mol. The van der Waals surface area contributed by atoms with Crippen LogP contribution in [0.2, 0.25) is 0 Å². The van der Waals surface area contributed by atoms with E-state index in [0.29, 0.717) is 22.9 Å². The molecule has 0 aromatic heterocycles. The number of carbonyl (C=O) groups is 2. The molecule has 0 radical (unpaired) electrons. The topological polar surface area (TPSA) is 149 Å². The number of amides is 2. The summed E-state index contributed by atoms with van der Waals surface area (Å²) in [7, 11) is 4.43. The van der Waals surface area contributed by atoms with Crippen molar-refractivity contribution in [3.63, 3.8) is 0 Å². The van der Waals surface area contributed by atoms with Crippen molar-refractivity contribution in [1.82, 2.24) is 5.32 Å². The third kappa shape index (κ3) is 5.45. The summed E-state index contributed by atoms with van der Waals surface area (Å²) in [4.78, 5) is 32.9. The molecule has 3 rings (SSSR count). The minimum Gasteiger partial charge on any atom is -0.493 e. The van der Waals surface area contributed by atoms with E-state index >= 15 is 0 Å². The second-order valence-corrected chi connectivity index (χ2v) is 6.61. The molecule has 5 N–H and O–H groups in total. The average molecular weight is 440 g/mol. The lowest BCUT2D eigenvalue weighted by Crippen LogP contribution is -2.32. The maximum Gasteiger partial charge on any atom is 0.252 e. The maximum absolute atomic E-state index is 12.5. The van der Waals surface area contributed by atoms with Gasteiger partial charge in [0.1, 0.15) is 6.04 Å². The van der Waals surface area contributed by atoms with Crippen molar-refractivity contribution in [3.05, 3.63) is 42.5 Å². The van der Waals surface area contributed by atoms with Crippen LogP contribution in [0.4, 0.5) is 11.4 Å². The lowest BCUT2D eigenvalue weighted by Gasteiger charge is -2.14. The first kappa shape index (κ1) is 22.4. The van der Waals surface area contributed by atoms with E-state index in [1.807, 2.05) is 30.3 Å². The molecule has 11 heteroatoms. The Hall–Kier alpha value is -4.28. The van der Waals surface area contributed by atoms with Crippen LogP contribution < -0.4 is 35.9 Å². The lowest BCUT2D eigenvalue weighted by atomic mass is 10.2. The molecule has 0 saturated heterocycles. The fourth-order valence-electron chi connectivity index (χ4n) is 2.98. The van der Waals surface area contributed by atoms with Gasteiger partial charge in [-0.15, -0.1) is 0 Å². The third-order valence-electron chi connectivity index (χ3n) is 4.42. The molecule has 2 amide bonds. The van der Waals surface area contributed by atoms with Gasteiger partial charge in [-0.2, -0.15) is 4.99 Å². The Morgan fingerprint density at radius 3 is 2.31 bits per heavy atom. The van der Waals surface area contributed by atoms with Crippen molar-refractivity contribution in [2.75, 3.05) is 32.0 Å². The number of anilines is 2. The molecule has 1 aliphatic heterocycles. The molecule has 0 saturated carbocycles. The molecule has 11 nitrogen and oxygen atoms in total. The summed E-state index contributed by atoms with van der Waals surface area (Å²) in [5.41, 5.74) is 7.01. The fourth-order valence-corrected chi connectivity index (χ4v) is 2.98. The van der Waals surface area contributed by atoms with E-state index in [1.54, 1.807) is 12.1 Å². The quantitative estimate of drug-likeness (QED) is 0.375. The number of guanidine groups is 2. The Kier molecular flexibility index (Phi) is 7.11. The molecule has 2 aromatic carbocycles. The van der Waals surface area contributed by atoms with Crippen LogP contribution in [0, 0.1) is 0 Å². The Bertz CT molecular complexity index is 1030. The number of hydrogen-bond acceptors (Lipinski definition) is 7. The van der Waals surface area contributed by atoms with Gasteiger partial charge in [-0.05, 0) is 12.1 Å². The molecule has 2 aromatic rings. The van der Waals surface area contributed by atoms with Crippen LogP contribution in [-0.2, 0) is 9.59 Å². The number of carbonyl (C=O) groups excluding carboxylic acids is 2. The highest BCUT2D eigenvalue weighted by atomic mass is 16.5. The van der Waals surface area contributed by atoms with E-state index < -0.39 is 17.9 Å². The highest BCUT2D eigenvalue weighted by molar-refractivity contribution is 6.11. The minimum atomic E-state index is -0.930. The predicted molar refractivity (Wildman–Crippen MR) is 120 cm³/mol. The number of nitrogens with zero attached hydrogens (tertiary/aromatic N) is 2. The second-order valence-electron chi connectivity index (χ2n) is 6.61. The third-order valence-corrected chi connectivity index (χ3v) is 4.42. The van der Waals surface area contributed by atoms with Crippen molar-refractivity contribution in [3.8, 4) is 17.2 Å².